The van der Waals surface area contributed by atoms with Crippen LogP contribution in [-0.2, 0) is 14.3 Å². The minimum absolute atomic E-state index is 0.0488. The van der Waals surface area contributed by atoms with Gasteiger partial charge in [0, 0.05) is 16.6 Å². The van der Waals surface area contributed by atoms with Crippen molar-refractivity contribution in [3.05, 3.63) is 29.3 Å². The minimum Gasteiger partial charge on any atom is -0.455 e. The van der Waals surface area contributed by atoms with Gasteiger partial charge >= 0.3 is 12.0 Å². The number of rotatable bonds is 7. The SMILES string of the molecule is CC1CCCCC1NC(=O)NC(=O)COC(=O)CSc1nnc(-c2ccc(Cl)cc2)o1. The van der Waals surface area contributed by atoms with Crippen LogP contribution in [0.1, 0.15) is 32.6 Å². The van der Waals surface area contributed by atoms with Gasteiger partial charge in [0.25, 0.3) is 11.1 Å². The van der Waals surface area contributed by atoms with Crippen LogP contribution in [0.3, 0.4) is 0 Å². The number of nitrogens with zero attached hydrogens (tertiary/aromatic N) is 2. The van der Waals surface area contributed by atoms with Crippen molar-refractivity contribution in [2.75, 3.05) is 12.4 Å². The van der Waals surface area contributed by atoms with Gasteiger partial charge in [0.1, 0.15) is 5.75 Å². The van der Waals surface area contributed by atoms with Crippen LogP contribution in [0.4, 0.5) is 4.79 Å². The second-order valence-electron chi connectivity index (χ2n) is 7.22. The van der Waals surface area contributed by atoms with E-state index in [0.717, 1.165) is 37.4 Å². The molecule has 0 aliphatic heterocycles. The van der Waals surface area contributed by atoms with Crippen molar-refractivity contribution in [2.45, 2.75) is 43.9 Å². The zero-order valence-corrected chi connectivity index (χ0v) is 18.5. The van der Waals surface area contributed by atoms with Gasteiger partial charge in [-0.1, -0.05) is 43.1 Å². The molecule has 1 saturated carbocycles. The molecule has 0 bridgehead atoms. The van der Waals surface area contributed by atoms with Gasteiger partial charge in [-0.2, -0.15) is 0 Å². The number of urea groups is 1. The molecule has 3 amide bonds. The van der Waals surface area contributed by atoms with Crippen LogP contribution in [0.25, 0.3) is 11.5 Å². The lowest BCUT2D eigenvalue weighted by Gasteiger charge is -2.29. The van der Waals surface area contributed by atoms with Gasteiger partial charge in [-0.15, -0.1) is 10.2 Å². The Labute approximate surface area is 188 Å². The Balaban J connectivity index is 1.35. The molecule has 1 aromatic carbocycles. The number of benzene rings is 1. The molecule has 0 radical (unpaired) electrons. The Morgan fingerprint density at radius 1 is 1.19 bits per heavy atom. The summed E-state index contributed by atoms with van der Waals surface area (Å²) in [5.74, 6) is -0.796. The fraction of sp³-hybridized carbons (Fsp3) is 0.450. The first-order chi connectivity index (χ1) is 14.9. The summed E-state index contributed by atoms with van der Waals surface area (Å²) < 4.78 is 10.4. The smallest absolute Gasteiger partial charge is 0.321 e. The third-order valence-corrected chi connectivity index (χ3v) is 5.90. The second-order valence-corrected chi connectivity index (χ2v) is 8.58. The summed E-state index contributed by atoms with van der Waals surface area (Å²) in [6.45, 7) is 1.53. The molecule has 1 aliphatic rings. The van der Waals surface area contributed by atoms with E-state index in [9.17, 15) is 14.4 Å². The lowest BCUT2D eigenvalue weighted by molar-refractivity contribution is -0.145. The average molecular weight is 467 g/mol. The number of carbonyl (C=O) groups excluding carboxylic acids is 3. The molecule has 11 heteroatoms. The molecule has 0 saturated heterocycles. The number of imide groups is 1. The first kappa shape index (κ1) is 23.1. The van der Waals surface area contributed by atoms with E-state index in [4.69, 9.17) is 20.8 Å². The van der Waals surface area contributed by atoms with Gasteiger partial charge in [-0.05, 0) is 43.0 Å². The monoisotopic (exact) mass is 466 g/mol. The van der Waals surface area contributed by atoms with Gasteiger partial charge in [0.15, 0.2) is 6.61 Å². The number of amides is 3. The largest absolute Gasteiger partial charge is 0.455 e. The molecule has 2 atom stereocenters. The Kier molecular flexibility index (Phi) is 8.30. The van der Waals surface area contributed by atoms with E-state index in [1.807, 2.05) is 0 Å². The molecule has 3 rings (SSSR count). The lowest BCUT2D eigenvalue weighted by atomic mass is 9.86. The maximum absolute atomic E-state index is 11.9. The maximum Gasteiger partial charge on any atom is 0.321 e. The van der Waals surface area contributed by atoms with E-state index >= 15 is 0 Å². The van der Waals surface area contributed by atoms with Crippen molar-refractivity contribution >= 4 is 41.3 Å². The maximum atomic E-state index is 11.9. The van der Waals surface area contributed by atoms with E-state index in [-0.39, 0.29) is 17.0 Å². The molecule has 166 valence electrons. The van der Waals surface area contributed by atoms with E-state index < -0.39 is 24.5 Å². The zero-order chi connectivity index (χ0) is 22.2. The van der Waals surface area contributed by atoms with Crippen LogP contribution in [0, 0.1) is 5.92 Å². The van der Waals surface area contributed by atoms with Crippen molar-refractivity contribution in [3.8, 4) is 11.5 Å². The lowest BCUT2D eigenvalue weighted by Crippen LogP contribution is -2.48. The zero-order valence-electron chi connectivity index (χ0n) is 16.9. The summed E-state index contributed by atoms with van der Waals surface area (Å²) in [7, 11) is 0. The third kappa shape index (κ3) is 7.25. The first-order valence-electron chi connectivity index (χ1n) is 9.89. The second kappa shape index (κ2) is 11.1. The van der Waals surface area contributed by atoms with Crippen molar-refractivity contribution in [1.29, 1.82) is 0 Å². The summed E-state index contributed by atoms with van der Waals surface area (Å²) in [6, 6.07) is 6.35. The summed E-state index contributed by atoms with van der Waals surface area (Å²) in [5.41, 5.74) is 0.698. The molecule has 1 fully saturated rings. The number of hydrogen-bond acceptors (Lipinski definition) is 8. The summed E-state index contributed by atoms with van der Waals surface area (Å²) >= 11 is 6.83. The van der Waals surface area contributed by atoms with E-state index in [0.29, 0.717) is 22.4 Å². The Hall–Kier alpha value is -2.59. The van der Waals surface area contributed by atoms with Crippen LogP contribution in [0.5, 0.6) is 0 Å². The number of nitrogens with one attached hydrogen (secondary N) is 2. The van der Waals surface area contributed by atoms with Crippen LogP contribution >= 0.6 is 23.4 Å². The van der Waals surface area contributed by atoms with Crippen LogP contribution in [0.2, 0.25) is 5.02 Å². The highest BCUT2D eigenvalue weighted by atomic mass is 35.5. The number of carbonyl (C=O) groups is 3. The van der Waals surface area contributed by atoms with E-state index in [2.05, 4.69) is 27.8 Å². The topological polar surface area (TPSA) is 123 Å². The molecule has 0 spiro atoms. The standard InChI is InChI=1S/C20H23ClN4O5S/c1-12-4-2-3-5-15(12)22-19(28)23-16(26)10-29-17(27)11-31-20-25-24-18(30-20)13-6-8-14(21)9-7-13/h6-9,12,15H,2-5,10-11H2,1H3,(H2,22,23,26,28). The quantitative estimate of drug-likeness (QED) is 0.470. The van der Waals surface area contributed by atoms with E-state index in [1.54, 1.807) is 24.3 Å². The van der Waals surface area contributed by atoms with Gasteiger partial charge in [0.05, 0.1) is 0 Å². The number of halogens is 1. The predicted octanol–water partition coefficient (Wildman–Crippen LogP) is 3.43. The predicted molar refractivity (Wildman–Crippen MR) is 115 cm³/mol. The molecule has 2 unspecified atom stereocenters. The van der Waals surface area contributed by atoms with E-state index in [1.165, 1.54) is 0 Å². The average Bonchev–Trinajstić information content (AvgIpc) is 3.22. The summed E-state index contributed by atoms with van der Waals surface area (Å²) in [5, 5.41) is 13.5. The molecule has 2 N–H and O–H groups in total. The Morgan fingerprint density at radius 2 is 1.94 bits per heavy atom. The van der Waals surface area contributed by atoms with Crippen molar-refractivity contribution in [2.24, 2.45) is 5.92 Å². The molecular weight excluding hydrogens is 444 g/mol. The molecule has 31 heavy (non-hydrogen) atoms. The van der Waals surface area contributed by atoms with Crippen LogP contribution in [0.15, 0.2) is 33.9 Å². The van der Waals surface area contributed by atoms with Crippen LogP contribution < -0.4 is 10.6 Å². The van der Waals surface area contributed by atoms with Gasteiger partial charge in [-0.3, -0.25) is 14.9 Å². The first-order valence-corrected chi connectivity index (χ1v) is 11.3. The highest BCUT2D eigenvalue weighted by Gasteiger charge is 2.23. The molecule has 1 aromatic heterocycles. The number of thioether (sulfide) groups is 1. The van der Waals surface area contributed by atoms with Crippen molar-refractivity contribution in [3.63, 3.8) is 0 Å². The van der Waals surface area contributed by atoms with Gasteiger partial charge in [0.2, 0.25) is 5.89 Å². The normalized spacial score (nSPS) is 18.3. The number of aromatic nitrogens is 2. The number of ether oxygens (including phenoxy) is 1. The summed E-state index contributed by atoms with van der Waals surface area (Å²) in [4.78, 5) is 35.6. The molecular formula is C20H23ClN4O5S. The third-order valence-electron chi connectivity index (χ3n) is 4.86. The Bertz CT molecular complexity index is 921. The van der Waals surface area contributed by atoms with Crippen LogP contribution in [-0.4, -0.2) is 46.5 Å². The number of hydrogen-bond donors (Lipinski definition) is 2. The highest BCUT2D eigenvalue weighted by molar-refractivity contribution is 7.99. The molecule has 1 heterocycles. The summed E-state index contributed by atoms with van der Waals surface area (Å²) in [6.07, 6.45) is 4.15. The fourth-order valence-electron chi connectivity index (χ4n) is 3.18. The van der Waals surface area contributed by atoms with Crippen molar-refractivity contribution in [1.82, 2.24) is 20.8 Å². The highest BCUT2D eigenvalue weighted by Crippen LogP contribution is 2.25. The Morgan fingerprint density at radius 3 is 2.68 bits per heavy atom. The van der Waals surface area contributed by atoms with Gasteiger partial charge < -0.3 is 14.5 Å². The fourth-order valence-corrected chi connectivity index (χ4v) is 3.87. The molecule has 9 nitrogen and oxygen atoms in total. The molecule has 2 aromatic rings. The molecule has 1 aliphatic carbocycles. The number of esters is 1. The minimum atomic E-state index is -0.692. The van der Waals surface area contributed by atoms with Gasteiger partial charge in [-0.25, -0.2) is 4.79 Å². The van der Waals surface area contributed by atoms with Crippen molar-refractivity contribution < 1.29 is 23.5 Å².